The summed E-state index contributed by atoms with van der Waals surface area (Å²) in [6.45, 7) is 6.48. The Morgan fingerprint density at radius 1 is 1.22 bits per heavy atom. The highest BCUT2D eigenvalue weighted by molar-refractivity contribution is 7.92. The van der Waals surface area contributed by atoms with Crippen molar-refractivity contribution in [1.29, 1.82) is 0 Å². The molecule has 2 atom stereocenters. The van der Waals surface area contributed by atoms with Gasteiger partial charge < -0.3 is 5.32 Å². The Morgan fingerprint density at radius 3 is 2.22 bits per heavy atom. The molecule has 3 rings (SSSR count). The second-order valence-electron chi connectivity index (χ2n) is 8.57. The van der Waals surface area contributed by atoms with Gasteiger partial charge in [-0.05, 0) is 26.7 Å². The minimum atomic E-state index is -3.85. The van der Waals surface area contributed by atoms with E-state index in [1.165, 1.54) is 23.8 Å². The van der Waals surface area contributed by atoms with E-state index in [4.69, 9.17) is 0 Å². The molecule has 1 aliphatic rings. The minimum absolute atomic E-state index is 0.160. The first-order chi connectivity index (χ1) is 14.7. The molecule has 2 heterocycles. The highest BCUT2D eigenvalue weighted by Crippen LogP contribution is 2.53. The maximum absolute atomic E-state index is 14.0. The number of nitrogens with one attached hydrogen (secondary N) is 1. The molecule has 1 aliphatic carbocycles. The van der Waals surface area contributed by atoms with E-state index in [0.717, 1.165) is 23.3 Å². The summed E-state index contributed by atoms with van der Waals surface area (Å²) < 4.78 is 52.4. The van der Waals surface area contributed by atoms with Gasteiger partial charge in [-0.3, -0.25) is 14.5 Å². The first-order valence-electron chi connectivity index (χ1n) is 9.78. The Labute approximate surface area is 189 Å². The Balaban J connectivity index is 2.20. The van der Waals surface area contributed by atoms with Crippen molar-refractivity contribution in [2.45, 2.75) is 51.4 Å². The van der Waals surface area contributed by atoms with Gasteiger partial charge in [-0.1, -0.05) is 13.8 Å². The normalized spacial score (nSPS) is 20.8. The lowest BCUT2D eigenvalue weighted by atomic mass is 9.60. The lowest BCUT2D eigenvalue weighted by Gasteiger charge is -2.61. The number of anilines is 1. The molecule has 12 heteroatoms. The van der Waals surface area contributed by atoms with Gasteiger partial charge in [-0.15, -0.1) is 11.3 Å². The Bertz CT molecular complexity index is 1160. The SMILES string of the molecule is Cc1scnc1C(=O)NC1(N(C(=O)C(C)S(C)(=O)=O)c2cc(F)nc(F)c2)CCC1(C)C. The summed E-state index contributed by atoms with van der Waals surface area (Å²) in [7, 11) is -3.85. The number of carbonyl (C=O) groups excluding carboxylic acids is 2. The second-order valence-corrected chi connectivity index (χ2v) is 12.0. The number of aryl methyl sites for hydroxylation is 1. The van der Waals surface area contributed by atoms with Crippen LogP contribution in [0.15, 0.2) is 17.6 Å². The Kier molecular flexibility index (Phi) is 6.15. The van der Waals surface area contributed by atoms with Crippen LogP contribution in [0, 0.1) is 24.2 Å². The van der Waals surface area contributed by atoms with Gasteiger partial charge in [0.2, 0.25) is 17.8 Å². The molecule has 0 aromatic carbocycles. The number of hydrogen-bond donors (Lipinski definition) is 1. The molecular formula is C20H24F2N4O4S2. The average molecular weight is 487 g/mol. The van der Waals surface area contributed by atoms with Gasteiger partial charge in [-0.2, -0.15) is 13.8 Å². The van der Waals surface area contributed by atoms with Gasteiger partial charge in [0.15, 0.2) is 9.84 Å². The molecule has 1 fully saturated rings. The van der Waals surface area contributed by atoms with E-state index in [9.17, 15) is 26.8 Å². The molecule has 2 amide bonds. The first-order valence-corrected chi connectivity index (χ1v) is 12.6. The molecule has 2 aromatic rings. The molecule has 32 heavy (non-hydrogen) atoms. The van der Waals surface area contributed by atoms with E-state index in [-0.39, 0.29) is 17.8 Å². The van der Waals surface area contributed by atoms with Crippen LogP contribution in [-0.4, -0.2) is 47.4 Å². The number of rotatable bonds is 6. The molecule has 2 unspecified atom stereocenters. The van der Waals surface area contributed by atoms with Crippen molar-refractivity contribution in [3.05, 3.63) is 40.1 Å². The van der Waals surface area contributed by atoms with Crippen LogP contribution in [-0.2, 0) is 14.6 Å². The third kappa shape index (κ3) is 4.13. The average Bonchev–Trinajstić information content (AvgIpc) is 3.10. The van der Waals surface area contributed by atoms with Gasteiger partial charge in [0.1, 0.15) is 16.6 Å². The fourth-order valence-corrected chi connectivity index (χ4v) is 4.86. The molecule has 0 bridgehead atoms. The zero-order valence-corrected chi connectivity index (χ0v) is 19.9. The topological polar surface area (TPSA) is 109 Å². The Morgan fingerprint density at radius 2 is 1.81 bits per heavy atom. The fourth-order valence-electron chi connectivity index (χ4n) is 3.82. The van der Waals surface area contributed by atoms with Crippen molar-refractivity contribution in [3.8, 4) is 0 Å². The molecule has 0 aliphatic heterocycles. The summed E-state index contributed by atoms with van der Waals surface area (Å²) in [4.78, 5) is 35.4. The number of hydrogen-bond acceptors (Lipinski definition) is 7. The number of halogens is 2. The summed E-state index contributed by atoms with van der Waals surface area (Å²) in [5, 5.41) is 1.32. The molecule has 2 aromatic heterocycles. The lowest BCUT2D eigenvalue weighted by molar-refractivity contribution is -0.123. The first kappa shape index (κ1) is 24.2. The summed E-state index contributed by atoms with van der Waals surface area (Å²) in [5.41, 5.74) is -0.775. The van der Waals surface area contributed by atoms with Gasteiger partial charge in [0, 0.05) is 28.7 Å². The highest BCUT2D eigenvalue weighted by atomic mass is 32.2. The fraction of sp³-hybridized carbons (Fsp3) is 0.500. The summed E-state index contributed by atoms with van der Waals surface area (Å²) in [6.07, 6.45) is 1.70. The van der Waals surface area contributed by atoms with Crippen LogP contribution in [0.3, 0.4) is 0 Å². The Hall–Kier alpha value is -2.47. The summed E-state index contributed by atoms with van der Waals surface area (Å²) >= 11 is 1.27. The van der Waals surface area contributed by atoms with Crippen LogP contribution < -0.4 is 10.2 Å². The quantitative estimate of drug-likeness (QED) is 0.497. The number of carbonyl (C=O) groups is 2. The number of sulfone groups is 1. The molecule has 0 saturated heterocycles. The molecular weight excluding hydrogens is 462 g/mol. The van der Waals surface area contributed by atoms with Gasteiger partial charge >= 0.3 is 0 Å². The van der Waals surface area contributed by atoms with Crippen LogP contribution in [0.5, 0.6) is 0 Å². The molecule has 8 nitrogen and oxygen atoms in total. The molecule has 1 N–H and O–H groups in total. The van der Waals surface area contributed by atoms with E-state index in [1.807, 2.05) is 0 Å². The van der Waals surface area contributed by atoms with Crippen LogP contribution in [0.25, 0.3) is 0 Å². The third-order valence-corrected chi connectivity index (χ3v) is 8.35. The third-order valence-electron chi connectivity index (χ3n) is 6.11. The number of thiazole rings is 1. The van der Waals surface area contributed by atoms with Crippen molar-refractivity contribution in [2.24, 2.45) is 5.41 Å². The van der Waals surface area contributed by atoms with Gasteiger partial charge in [0.25, 0.3) is 5.91 Å². The molecule has 0 spiro atoms. The molecule has 0 radical (unpaired) electrons. The predicted molar refractivity (Wildman–Crippen MR) is 116 cm³/mol. The van der Waals surface area contributed by atoms with Crippen molar-refractivity contribution in [3.63, 3.8) is 0 Å². The number of pyridine rings is 1. The van der Waals surface area contributed by atoms with E-state index in [0.29, 0.717) is 11.3 Å². The van der Waals surface area contributed by atoms with Gasteiger partial charge in [-0.25, -0.2) is 13.4 Å². The minimum Gasteiger partial charge on any atom is -0.327 e. The lowest BCUT2D eigenvalue weighted by Crippen LogP contribution is -2.76. The number of amides is 2. The predicted octanol–water partition coefficient (Wildman–Crippen LogP) is 2.84. The summed E-state index contributed by atoms with van der Waals surface area (Å²) in [5.74, 6) is -3.85. The van der Waals surface area contributed by atoms with Crippen LogP contribution in [0.1, 0.15) is 49.0 Å². The second kappa shape index (κ2) is 8.14. The van der Waals surface area contributed by atoms with Crippen molar-refractivity contribution in [2.75, 3.05) is 11.2 Å². The maximum Gasteiger partial charge on any atom is 0.272 e. The van der Waals surface area contributed by atoms with Crippen molar-refractivity contribution in [1.82, 2.24) is 15.3 Å². The van der Waals surface area contributed by atoms with Crippen molar-refractivity contribution < 1.29 is 26.8 Å². The maximum atomic E-state index is 14.0. The van der Waals surface area contributed by atoms with Crippen LogP contribution in [0.2, 0.25) is 0 Å². The van der Waals surface area contributed by atoms with E-state index >= 15 is 0 Å². The highest BCUT2D eigenvalue weighted by Gasteiger charge is 2.60. The van der Waals surface area contributed by atoms with Crippen molar-refractivity contribution >= 4 is 38.7 Å². The molecule has 1 saturated carbocycles. The van der Waals surface area contributed by atoms with Crippen LogP contribution in [0.4, 0.5) is 14.5 Å². The zero-order chi connectivity index (χ0) is 24.1. The van der Waals surface area contributed by atoms with Crippen LogP contribution >= 0.6 is 11.3 Å². The number of aromatic nitrogens is 2. The standard InChI is InChI=1S/C20H24F2N4O4S2/c1-11-16(23-10-31-11)17(27)25-20(7-6-19(20,3)4)26(18(28)12(2)32(5,29)30)13-8-14(21)24-15(22)9-13/h8-10,12H,6-7H2,1-5H3,(H,25,27). The van der Waals surface area contributed by atoms with E-state index < -0.39 is 49.9 Å². The zero-order valence-electron chi connectivity index (χ0n) is 18.3. The molecule has 174 valence electrons. The number of nitrogens with zero attached hydrogens (tertiary/aromatic N) is 3. The largest absolute Gasteiger partial charge is 0.327 e. The van der Waals surface area contributed by atoms with Gasteiger partial charge in [0.05, 0.1) is 11.2 Å². The monoisotopic (exact) mass is 486 g/mol. The van der Waals surface area contributed by atoms with E-state index in [2.05, 4.69) is 15.3 Å². The van der Waals surface area contributed by atoms with E-state index in [1.54, 1.807) is 20.8 Å². The summed E-state index contributed by atoms with van der Waals surface area (Å²) in [6, 6.07) is 1.68. The smallest absolute Gasteiger partial charge is 0.272 e.